The van der Waals surface area contributed by atoms with Gasteiger partial charge in [0.2, 0.25) is 5.76 Å². The fourth-order valence-electron chi connectivity index (χ4n) is 1.84. The number of carbonyl (C=O) groups excluding carboxylic acids is 3. The summed E-state index contributed by atoms with van der Waals surface area (Å²) in [5, 5.41) is 10.5. The fraction of sp³-hybridized carbons (Fsp3) is 0.133. The molecule has 1 heterocycles. The molecule has 11 nitrogen and oxygen atoms in total. The van der Waals surface area contributed by atoms with Crippen LogP contribution in [0.5, 0.6) is 11.5 Å². The van der Waals surface area contributed by atoms with Crippen LogP contribution in [0, 0.1) is 10.1 Å². The van der Waals surface area contributed by atoms with Crippen molar-refractivity contribution >= 4 is 23.7 Å². The minimum atomic E-state index is -0.880. The standard InChI is InChI=1S/C15H13N3O8/c1-8(19)25-10-4-3-9(7-12(10)24-2)14(20)16-17-15(21)11-5-6-13(26-11)18(22)23/h3-7H,1-2H3,(H,16,20)(H,17,21). The van der Waals surface area contributed by atoms with Crippen LogP contribution in [-0.2, 0) is 4.79 Å². The van der Waals surface area contributed by atoms with Crippen LogP contribution in [0.4, 0.5) is 5.88 Å². The first-order valence-corrected chi connectivity index (χ1v) is 7.03. The third-order valence-electron chi connectivity index (χ3n) is 2.96. The van der Waals surface area contributed by atoms with Crippen molar-refractivity contribution in [2.75, 3.05) is 7.11 Å². The van der Waals surface area contributed by atoms with Crippen molar-refractivity contribution in [3.8, 4) is 11.5 Å². The number of hydrogen-bond acceptors (Lipinski definition) is 8. The third kappa shape index (κ3) is 4.35. The van der Waals surface area contributed by atoms with E-state index in [-0.39, 0.29) is 22.8 Å². The molecule has 0 fully saturated rings. The van der Waals surface area contributed by atoms with Crippen molar-refractivity contribution in [3.63, 3.8) is 0 Å². The molecule has 2 rings (SSSR count). The van der Waals surface area contributed by atoms with Crippen LogP contribution in [0.2, 0.25) is 0 Å². The van der Waals surface area contributed by atoms with Gasteiger partial charge < -0.3 is 13.9 Å². The van der Waals surface area contributed by atoms with E-state index in [1.807, 2.05) is 0 Å². The molecule has 0 bridgehead atoms. The zero-order valence-corrected chi connectivity index (χ0v) is 13.6. The second kappa shape index (κ2) is 7.79. The molecular weight excluding hydrogens is 350 g/mol. The molecule has 136 valence electrons. The zero-order valence-electron chi connectivity index (χ0n) is 13.6. The summed E-state index contributed by atoms with van der Waals surface area (Å²) >= 11 is 0. The normalized spacial score (nSPS) is 9.92. The Kier molecular flexibility index (Phi) is 5.53. The van der Waals surface area contributed by atoms with E-state index in [0.29, 0.717) is 0 Å². The summed E-state index contributed by atoms with van der Waals surface area (Å²) in [5.74, 6) is -2.82. The van der Waals surface area contributed by atoms with Crippen LogP contribution < -0.4 is 20.3 Å². The first kappa shape index (κ1) is 18.4. The van der Waals surface area contributed by atoms with Gasteiger partial charge in [-0.1, -0.05) is 0 Å². The van der Waals surface area contributed by atoms with Crippen molar-refractivity contribution < 1.29 is 33.2 Å². The minimum Gasteiger partial charge on any atom is -0.493 e. The molecule has 0 aliphatic heterocycles. The fourth-order valence-corrected chi connectivity index (χ4v) is 1.84. The maximum atomic E-state index is 12.1. The Bertz CT molecular complexity index is 874. The monoisotopic (exact) mass is 363 g/mol. The smallest absolute Gasteiger partial charge is 0.433 e. The Morgan fingerprint density at radius 3 is 2.35 bits per heavy atom. The van der Waals surface area contributed by atoms with E-state index in [1.165, 1.54) is 32.2 Å². The van der Waals surface area contributed by atoms with Crippen molar-refractivity contribution in [2.24, 2.45) is 0 Å². The number of furan rings is 1. The molecule has 2 amide bonds. The Morgan fingerprint density at radius 1 is 1.08 bits per heavy atom. The van der Waals surface area contributed by atoms with Crippen LogP contribution in [0.25, 0.3) is 0 Å². The molecule has 0 aliphatic carbocycles. The van der Waals surface area contributed by atoms with Gasteiger partial charge in [0.15, 0.2) is 11.5 Å². The molecule has 0 spiro atoms. The van der Waals surface area contributed by atoms with E-state index in [1.54, 1.807) is 0 Å². The number of esters is 1. The van der Waals surface area contributed by atoms with Crippen LogP contribution >= 0.6 is 0 Å². The number of nitrogens with zero attached hydrogens (tertiary/aromatic N) is 1. The van der Waals surface area contributed by atoms with E-state index >= 15 is 0 Å². The van der Waals surface area contributed by atoms with Crippen LogP contribution in [0.1, 0.15) is 27.8 Å². The number of hydrogen-bond donors (Lipinski definition) is 2. The molecule has 1 aromatic carbocycles. The number of hydrazine groups is 1. The van der Waals surface area contributed by atoms with Crippen LogP contribution in [0.3, 0.4) is 0 Å². The maximum Gasteiger partial charge on any atom is 0.433 e. The largest absolute Gasteiger partial charge is 0.493 e. The highest BCUT2D eigenvalue weighted by atomic mass is 16.6. The highest BCUT2D eigenvalue weighted by molar-refractivity contribution is 5.98. The summed E-state index contributed by atoms with van der Waals surface area (Å²) in [6.07, 6.45) is 0. The van der Waals surface area contributed by atoms with E-state index in [4.69, 9.17) is 13.9 Å². The Morgan fingerprint density at radius 2 is 1.77 bits per heavy atom. The SMILES string of the molecule is COc1cc(C(=O)NNC(=O)c2ccc([N+](=O)[O-])o2)ccc1OC(C)=O. The molecule has 2 N–H and O–H groups in total. The van der Waals surface area contributed by atoms with E-state index < -0.39 is 28.6 Å². The molecule has 0 saturated heterocycles. The summed E-state index contributed by atoms with van der Waals surface area (Å²) in [4.78, 5) is 44.6. The van der Waals surface area contributed by atoms with Gasteiger partial charge in [-0.2, -0.15) is 0 Å². The van der Waals surface area contributed by atoms with Gasteiger partial charge >= 0.3 is 17.8 Å². The van der Waals surface area contributed by atoms with Crippen molar-refractivity contribution in [2.45, 2.75) is 6.92 Å². The third-order valence-corrected chi connectivity index (χ3v) is 2.96. The first-order chi connectivity index (χ1) is 12.3. The number of ether oxygens (including phenoxy) is 2. The number of amides is 2. The molecule has 1 aromatic heterocycles. The average Bonchev–Trinajstić information content (AvgIpc) is 3.09. The van der Waals surface area contributed by atoms with Crippen molar-refractivity contribution in [1.29, 1.82) is 0 Å². The second-order valence-corrected chi connectivity index (χ2v) is 4.76. The van der Waals surface area contributed by atoms with Gasteiger partial charge in [0.05, 0.1) is 13.2 Å². The number of nitrogens with one attached hydrogen (secondary N) is 2. The van der Waals surface area contributed by atoms with Gasteiger partial charge in [0.1, 0.15) is 4.92 Å². The highest BCUT2D eigenvalue weighted by Gasteiger charge is 2.18. The topological polar surface area (TPSA) is 150 Å². The van der Waals surface area contributed by atoms with E-state index in [0.717, 1.165) is 12.1 Å². The first-order valence-electron chi connectivity index (χ1n) is 7.03. The lowest BCUT2D eigenvalue weighted by Crippen LogP contribution is -2.41. The molecule has 11 heteroatoms. The summed E-state index contributed by atoms with van der Waals surface area (Å²) in [5.41, 5.74) is 4.27. The molecule has 0 aliphatic rings. The molecule has 0 unspecified atom stereocenters. The van der Waals surface area contributed by atoms with E-state index in [2.05, 4.69) is 10.9 Å². The van der Waals surface area contributed by atoms with Crippen LogP contribution in [-0.4, -0.2) is 29.8 Å². The average molecular weight is 363 g/mol. The summed E-state index contributed by atoms with van der Waals surface area (Å²) < 4.78 is 14.7. The predicted molar refractivity (Wildman–Crippen MR) is 84.6 cm³/mol. The van der Waals surface area contributed by atoms with Gasteiger partial charge in [-0.15, -0.1) is 0 Å². The summed E-state index contributed by atoms with van der Waals surface area (Å²) in [6.45, 7) is 1.22. The molecule has 26 heavy (non-hydrogen) atoms. The molecule has 0 radical (unpaired) electrons. The molecule has 0 saturated carbocycles. The molecule has 2 aromatic rings. The maximum absolute atomic E-state index is 12.1. The number of benzene rings is 1. The number of methoxy groups -OCH3 is 1. The number of carbonyl (C=O) groups is 3. The Labute approximate surface area is 146 Å². The highest BCUT2D eigenvalue weighted by Crippen LogP contribution is 2.28. The van der Waals surface area contributed by atoms with Gasteiger partial charge in [0.25, 0.3) is 5.91 Å². The zero-order chi connectivity index (χ0) is 19.3. The Hall–Kier alpha value is -3.89. The molecule has 0 atom stereocenters. The van der Waals surface area contributed by atoms with Crippen molar-refractivity contribution in [3.05, 3.63) is 51.8 Å². The number of nitro groups is 1. The molecular formula is C15H13N3O8. The second-order valence-electron chi connectivity index (χ2n) is 4.76. The van der Waals surface area contributed by atoms with Gasteiger partial charge in [0, 0.05) is 12.5 Å². The predicted octanol–water partition coefficient (Wildman–Crippen LogP) is 1.20. The van der Waals surface area contributed by atoms with Gasteiger partial charge in [-0.25, -0.2) is 0 Å². The lowest BCUT2D eigenvalue weighted by molar-refractivity contribution is -0.402. The summed E-state index contributed by atoms with van der Waals surface area (Å²) in [7, 11) is 1.33. The lowest BCUT2D eigenvalue weighted by atomic mass is 10.2. The van der Waals surface area contributed by atoms with Crippen LogP contribution in [0.15, 0.2) is 34.7 Å². The van der Waals surface area contributed by atoms with Gasteiger partial charge in [-0.3, -0.25) is 35.3 Å². The van der Waals surface area contributed by atoms with Gasteiger partial charge in [-0.05, 0) is 24.3 Å². The van der Waals surface area contributed by atoms with E-state index in [9.17, 15) is 24.5 Å². The Balaban J connectivity index is 2.03. The lowest BCUT2D eigenvalue weighted by Gasteiger charge is -2.10. The summed E-state index contributed by atoms with van der Waals surface area (Å²) in [6, 6.07) is 6.11. The number of rotatable bonds is 5. The van der Waals surface area contributed by atoms with Crippen molar-refractivity contribution in [1.82, 2.24) is 10.9 Å². The minimum absolute atomic E-state index is 0.100. The quantitative estimate of drug-likeness (QED) is 0.348.